The fourth-order valence-corrected chi connectivity index (χ4v) is 2.16. The van der Waals surface area contributed by atoms with Gasteiger partial charge in [0.15, 0.2) is 6.29 Å². The van der Waals surface area contributed by atoms with Gasteiger partial charge < -0.3 is 14.2 Å². The molecule has 1 heterocycles. The van der Waals surface area contributed by atoms with Crippen molar-refractivity contribution in [3.63, 3.8) is 0 Å². The predicted octanol–water partition coefficient (Wildman–Crippen LogP) is 2.98. The standard InChI is InChI=1S/C15H16O3/c1-2-6-13-12(4-1)5-3-7-14(13)16-9-8-15-17-10-11-18-15/h1-7,15H,8-11H2. The second kappa shape index (κ2) is 5.38. The summed E-state index contributed by atoms with van der Waals surface area (Å²) in [4.78, 5) is 0. The van der Waals surface area contributed by atoms with Crippen LogP contribution in [0.3, 0.4) is 0 Å². The van der Waals surface area contributed by atoms with Gasteiger partial charge in [-0.3, -0.25) is 0 Å². The Balaban J connectivity index is 1.66. The topological polar surface area (TPSA) is 27.7 Å². The van der Waals surface area contributed by atoms with Crippen LogP contribution in [0, 0.1) is 0 Å². The number of hydrogen-bond donors (Lipinski definition) is 0. The van der Waals surface area contributed by atoms with Crippen molar-refractivity contribution < 1.29 is 14.2 Å². The minimum Gasteiger partial charge on any atom is -0.493 e. The molecular formula is C15H16O3. The van der Waals surface area contributed by atoms with Crippen molar-refractivity contribution in [1.82, 2.24) is 0 Å². The van der Waals surface area contributed by atoms with Crippen LogP contribution in [0.15, 0.2) is 42.5 Å². The fourth-order valence-electron chi connectivity index (χ4n) is 2.16. The van der Waals surface area contributed by atoms with E-state index in [2.05, 4.69) is 18.2 Å². The van der Waals surface area contributed by atoms with Crippen LogP contribution in [0.25, 0.3) is 10.8 Å². The van der Waals surface area contributed by atoms with Crippen molar-refractivity contribution in [3.05, 3.63) is 42.5 Å². The summed E-state index contributed by atoms with van der Waals surface area (Å²) >= 11 is 0. The number of rotatable bonds is 4. The highest BCUT2D eigenvalue weighted by molar-refractivity contribution is 5.88. The number of fused-ring (bicyclic) bond motifs is 1. The minimum atomic E-state index is -0.0972. The summed E-state index contributed by atoms with van der Waals surface area (Å²) in [5.74, 6) is 0.922. The second-order valence-corrected chi connectivity index (χ2v) is 4.29. The molecule has 0 spiro atoms. The van der Waals surface area contributed by atoms with Gasteiger partial charge >= 0.3 is 0 Å². The molecule has 0 unspecified atom stereocenters. The zero-order valence-electron chi connectivity index (χ0n) is 10.2. The lowest BCUT2D eigenvalue weighted by molar-refractivity contribution is -0.0530. The lowest BCUT2D eigenvalue weighted by Gasteiger charge is -2.12. The minimum absolute atomic E-state index is 0.0972. The summed E-state index contributed by atoms with van der Waals surface area (Å²) in [6.45, 7) is 2.00. The molecule has 1 saturated heterocycles. The summed E-state index contributed by atoms with van der Waals surface area (Å²) in [7, 11) is 0. The average Bonchev–Trinajstić information content (AvgIpc) is 2.92. The molecule has 0 atom stereocenters. The Morgan fingerprint density at radius 1 is 1.00 bits per heavy atom. The van der Waals surface area contributed by atoms with Gasteiger partial charge in [-0.25, -0.2) is 0 Å². The summed E-state index contributed by atoms with van der Waals surface area (Å²) in [5, 5.41) is 2.34. The zero-order valence-corrected chi connectivity index (χ0v) is 10.2. The van der Waals surface area contributed by atoms with E-state index in [4.69, 9.17) is 14.2 Å². The quantitative estimate of drug-likeness (QED) is 0.827. The molecule has 94 valence electrons. The van der Waals surface area contributed by atoms with Gasteiger partial charge in [0.25, 0.3) is 0 Å². The first-order chi connectivity index (χ1) is 8.93. The number of benzene rings is 2. The van der Waals surface area contributed by atoms with Gasteiger partial charge in [0.05, 0.1) is 19.8 Å². The van der Waals surface area contributed by atoms with Crippen molar-refractivity contribution in [1.29, 1.82) is 0 Å². The highest BCUT2D eigenvalue weighted by atomic mass is 16.7. The third-order valence-electron chi connectivity index (χ3n) is 3.05. The van der Waals surface area contributed by atoms with E-state index < -0.39 is 0 Å². The van der Waals surface area contributed by atoms with Crippen LogP contribution in [0.5, 0.6) is 5.75 Å². The Bertz CT molecular complexity index is 513. The van der Waals surface area contributed by atoms with Crippen molar-refractivity contribution in [2.24, 2.45) is 0 Å². The van der Waals surface area contributed by atoms with Crippen molar-refractivity contribution >= 4 is 10.8 Å². The molecule has 1 aliphatic heterocycles. The summed E-state index contributed by atoms with van der Waals surface area (Å²) in [6.07, 6.45) is 0.670. The number of hydrogen-bond acceptors (Lipinski definition) is 3. The summed E-state index contributed by atoms with van der Waals surface area (Å²) in [6, 6.07) is 14.3. The van der Waals surface area contributed by atoms with Crippen LogP contribution >= 0.6 is 0 Å². The van der Waals surface area contributed by atoms with Crippen LogP contribution in [-0.2, 0) is 9.47 Å². The van der Waals surface area contributed by atoms with Crippen LogP contribution in [0.1, 0.15) is 6.42 Å². The Kier molecular flexibility index (Phi) is 3.44. The molecule has 2 aromatic rings. The SMILES string of the molecule is c1ccc2c(OCCC3OCCO3)cccc2c1. The molecule has 2 aromatic carbocycles. The first-order valence-corrected chi connectivity index (χ1v) is 6.27. The average molecular weight is 244 g/mol. The van der Waals surface area contributed by atoms with E-state index in [-0.39, 0.29) is 6.29 Å². The Labute approximate surface area is 106 Å². The smallest absolute Gasteiger partial charge is 0.161 e. The lowest BCUT2D eigenvalue weighted by Crippen LogP contribution is -2.12. The van der Waals surface area contributed by atoms with E-state index in [0.717, 1.165) is 17.6 Å². The van der Waals surface area contributed by atoms with E-state index >= 15 is 0 Å². The second-order valence-electron chi connectivity index (χ2n) is 4.29. The monoisotopic (exact) mass is 244 g/mol. The first-order valence-electron chi connectivity index (χ1n) is 6.27. The van der Waals surface area contributed by atoms with Crippen LogP contribution < -0.4 is 4.74 Å². The van der Waals surface area contributed by atoms with Gasteiger partial charge in [-0.2, -0.15) is 0 Å². The molecule has 0 N–H and O–H groups in total. The van der Waals surface area contributed by atoms with Crippen molar-refractivity contribution in [3.8, 4) is 5.75 Å². The summed E-state index contributed by atoms with van der Waals surface area (Å²) < 4.78 is 16.6. The molecule has 0 saturated carbocycles. The molecule has 0 radical (unpaired) electrons. The fraction of sp³-hybridized carbons (Fsp3) is 0.333. The zero-order chi connectivity index (χ0) is 12.2. The molecule has 0 bridgehead atoms. The van der Waals surface area contributed by atoms with E-state index in [9.17, 15) is 0 Å². The van der Waals surface area contributed by atoms with E-state index in [1.54, 1.807) is 0 Å². The van der Waals surface area contributed by atoms with Crippen molar-refractivity contribution in [2.75, 3.05) is 19.8 Å². The molecule has 0 aromatic heterocycles. The maximum absolute atomic E-state index is 5.82. The maximum atomic E-state index is 5.82. The van der Waals surface area contributed by atoms with Crippen LogP contribution in [0.4, 0.5) is 0 Å². The lowest BCUT2D eigenvalue weighted by atomic mass is 10.1. The molecule has 1 aliphatic rings. The van der Waals surface area contributed by atoms with Gasteiger partial charge in [-0.15, -0.1) is 0 Å². The molecule has 3 nitrogen and oxygen atoms in total. The highest BCUT2D eigenvalue weighted by Gasteiger charge is 2.15. The van der Waals surface area contributed by atoms with Crippen LogP contribution in [-0.4, -0.2) is 26.1 Å². The maximum Gasteiger partial charge on any atom is 0.161 e. The van der Waals surface area contributed by atoms with E-state index in [1.807, 2.05) is 24.3 Å². The Hall–Kier alpha value is -1.58. The third kappa shape index (κ3) is 2.47. The summed E-state index contributed by atoms with van der Waals surface area (Å²) in [5.41, 5.74) is 0. The van der Waals surface area contributed by atoms with Gasteiger partial charge in [0, 0.05) is 11.8 Å². The Morgan fingerprint density at radius 2 is 1.78 bits per heavy atom. The van der Waals surface area contributed by atoms with Gasteiger partial charge in [0.2, 0.25) is 0 Å². The molecule has 1 fully saturated rings. The van der Waals surface area contributed by atoms with E-state index in [1.165, 1.54) is 5.39 Å². The van der Waals surface area contributed by atoms with E-state index in [0.29, 0.717) is 19.8 Å². The Morgan fingerprint density at radius 3 is 2.67 bits per heavy atom. The highest BCUT2D eigenvalue weighted by Crippen LogP contribution is 2.25. The van der Waals surface area contributed by atoms with Crippen LogP contribution in [0.2, 0.25) is 0 Å². The molecule has 3 rings (SSSR count). The van der Waals surface area contributed by atoms with Gasteiger partial charge in [0.1, 0.15) is 5.75 Å². The molecule has 18 heavy (non-hydrogen) atoms. The molecule has 0 amide bonds. The third-order valence-corrected chi connectivity index (χ3v) is 3.05. The largest absolute Gasteiger partial charge is 0.493 e. The molecule has 0 aliphatic carbocycles. The van der Waals surface area contributed by atoms with Crippen molar-refractivity contribution in [2.45, 2.75) is 12.7 Å². The number of ether oxygens (including phenoxy) is 3. The molecule has 3 heteroatoms. The van der Waals surface area contributed by atoms with Gasteiger partial charge in [-0.1, -0.05) is 36.4 Å². The molecular weight excluding hydrogens is 228 g/mol. The predicted molar refractivity (Wildman–Crippen MR) is 69.8 cm³/mol. The van der Waals surface area contributed by atoms with Gasteiger partial charge in [-0.05, 0) is 11.5 Å². The normalized spacial score (nSPS) is 16.2. The first kappa shape index (κ1) is 11.5.